The minimum atomic E-state index is -4.33. The Morgan fingerprint density at radius 3 is 2.36 bits per heavy atom. The Balaban J connectivity index is 1.57. The number of nitrogens with zero attached hydrogens (tertiary/aromatic N) is 5. The van der Waals surface area contributed by atoms with Gasteiger partial charge in [-0.15, -0.1) is 5.10 Å². The standard InChI is InChI=1S/C19H14F3N5S/c1-12-2-8-15(9-3-12)27-17-16(25-26-27)18(24-11-23-17)28-10-13-4-6-14(7-5-13)19(20,21)22/h2-9,11H,10H2,1H3. The molecule has 28 heavy (non-hydrogen) atoms. The number of aryl methyl sites for hydroxylation is 1. The maximum atomic E-state index is 12.7. The third-order valence-electron chi connectivity index (χ3n) is 4.14. The minimum absolute atomic E-state index is 0.460. The van der Waals surface area contributed by atoms with Gasteiger partial charge < -0.3 is 0 Å². The van der Waals surface area contributed by atoms with E-state index in [4.69, 9.17) is 0 Å². The summed E-state index contributed by atoms with van der Waals surface area (Å²) >= 11 is 1.38. The van der Waals surface area contributed by atoms with Gasteiger partial charge in [0.25, 0.3) is 0 Å². The fourth-order valence-corrected chi connectivity index (χ4v) is 3.52. The number of rotatable bonds is 4. The molecular weight excluding hydrogens is 387 g/mol. The van der Waals surface area contributed by atoms with Crippen LogP contribution in [0.5, 0.6) is 0 Å². The maximum Gasteiger partial charge on any atom is 0.416 e. The average Bonchev–Trinajstić information content (AvgIpc) is 3.11. The molecule has 0 radical (unpaired) electrons. The van der Waals surface area contributed by atoms with Gasteiger partial charge in [-0.1, -0.05) is 46.8 Å². The molecule has 2 aromatic carbocycles. The predicted octanol–water partition coefficient (Wildman–Crippen LogP) is 4.83. The van der Waals surface area contributed by atoms with E-state index >= 15 is 0 Å². The first kappa shape index (κ1) is 18.4. The van der Waals surface area contributed by atoms with Gasteiger partial charge in [0.1, 0.15) is 11.4 Å². The molecule has 0 aliphatic carbocycles. The minimum Gasteiger partial charge on any atom is -0.227 e. The van der Waals surface area contributed by atoms with Crippen molar-refractivity contribution in [3.05, 3.63) is 71.5 Å². The fraction of sp³-hybridized carbons (Fsp3) is 0.158. The molecule has 142 valence electrons. The molecule has 0 saturated carbocycles. The van der Waals surface area contributed by atoms with Crippen LogP contribution in [0.2, 0.25) is 0 Å². The van der Waals surface area contributed by atoms with Gasteiger partial charge in [-0.25, -0.2) is 9.97 Å². The SMILES string of the molecule is Cc1ccc(-n2nnc3c(SCc4ccc(C(F)(F)F)cc4)ncnc32)cc1. The van der Waals surface area contributed by atoms with Crippen molar-refractivity contribution in [1.29, 1.82) is 0 Å². The van der Waals surface area contributed by atoms with E-state index in [-0.39, 0.29) is 0 Å². The molecular formula is C19H14F3N5S. The van der Waals surface area contributed by atoms with E-state index in [2.05, 4.69) is 20.3 Å². The molecule has 0 spiro atoms. The molecule has 4 rings (SSSR count). The Bertz CT molecular complexity index is 1110. The van der Waals surface area contributed by atoms with Gasteiger partial charge in [0.05, 0.1) is 11.3 Å². The molecule has 0 amide bonds. The molecule has 0 fully saturated rings. The highest BCUT2D eigenvalue weighted by atomic mass is 32.2. The number of halogens is 3. The summed E-state index contributed by atoms with van der Waals surface area (Å²) in [5.41, 5.74) is 3.21. The first-order valence-corrected chi connectivity index (χ1v) is 9.33. The van der Waals surface area contributed by atoms with E-state index in [0.29, 0.717) is 21.9 Å². The summed E-state index contributed by atoms with van der Waals surface area (Å²) in [7, 11) is 0. The van der Waals surface area contributed by atoms with Gasteiger partial charge in [0.15, 0.2) is 11.2 Å². The van der Waals surface area contributed by atoms with Crippen molar-refractivity contribution in [3.63, 3.8) is 0 Å². The van der Waals surface area contributed by atoms with E-state index < -0.39 is 11.7 Å². The number of thioether (sulfide) groups is 1. The summed E-state index contributed by atoms with van der Waals surface area (Å²) < 4.78 is 39.6. The molecule has 4 aromatic rings. The lowest BCUT2D eigenvalue weighted by Crippen LogP contribution is -2.04. The van der Waals surface area contributed by atoms with Crippen molar-refractivity contribution in [1.82, 2.24) is 25.0 Å². The molecule has 0 aliphatic rings. The summed E-state index contributed by atoms with van der Waals surface area (Å²) in [5, 5.41) is 9.00. The van der Waals surface area contributed by atoms with Crippen LogP contribution in [-0.2, 0) is 11.9 Å². The van der Waals surface area contributed by atoms with E-state index in [1.807, 2.05) is 31.2 Å². The predicted molar refractivity (Wildman–Crippen MR) is 100 cm³/mol. The number of aromatic nitrogens is 5. The summed E-state index contributed by atoms with van der Waals surface area (Å²) in [5.74, 6) is 0.460. The van der Waals surface area contributed by atoms with Crippen LogP contribution in [0, 0.1) is 6.92 Å². The van der Waals surface area contributed by atoms with Crippen LogP contribution >= 0.6 is 11.8 Å². The second-order valence-electron chi connectivity index (χ2n) is 6.17. The van der Waals surface area contributed by atoms with Gasteiger partial charge in [-0.3, -0.25) is 0 Å². The van der Waals surface area contributed by atoms with Crippen molar-refractivity contribution in [2.75, 3.05) is 0 Å². The highest BCUT2D eigenvalue weighted by Gasteiger charge is 2.29. The Labute approximate surface area is 162 Å². The lowest BCUT2D eigenvalue weighted by Gasteiger charge is -2.07. The molecule has 9 heteroatoms. The van der Waals surface area contributed by atoms with Crippen LogP contribution < -0.4 is 0 Å². The summed E-state index contributed by atoms with van der Waals surface area (Å²) in [6.45, 7) is 2.00. The topological polar surface area (TPSA) is 56.5 Å². The zero-order chi connectivity index (χ0) is 19.7. The monoisotopic (exact) mass is 401 g/mol. The summed E-state index contributed by atoms with van der Waals surface area (Å²) in [6.07, 6.45) is -2.90. The number of hydrogen-bond acceptors (Lipinski definition) is 5. The maximum absolute atomic E-state index is 12.7. The highest BCUT2D eigenvalue weighted by Crippen LogP contribution is 2.31. The number of fused-ring (bicyclic) bond motifs is 1. The fourth-order valence-electron chi connectivity index (χ4n) is 2.64. The van der Waals surface area contributed by atoms with Crippen molar-refractivity contribution in [3.8, 4) is 5.69 Å². The van der Waals surface area contributed by atoms with E-state index in [1.165, 1.54) is 30.2 Å². The third kappa shape index (κ3) is 3.70. The Morgan fingerprint density at radius 1 is 0.964 bits per heavy atom. The average molecular weight is 401 g/mol. The molecule has 0 N–H and O–H groups in total. The van der Waals surface area contributed by atoms with E-state index in [1.54, 1.807) is 4.68 Å². The first-order chi connectivity index (χ1) is 13.4. The molecule has 0 atom stereocenters. The second kappa shape index (κ2) is 7.23. The van der Waals surface area contributed by atoms with Crippen molar-refractivity contribution in [2.45, 2.75) is 23.9 Å². The van der Waals surface area contributed by atoms with Crippen LogP contribution in [0.15, 0.2) is 59.9 Å². The van der Waals surface area contributed by atoms with Gasteiger partial charge in [0, 0.05) is 5.75 Å². The molecule has 2 aromatic heterocycles. The van der Waals surface area contributed by atoms with Crippen molar-refractivity contribution >= 4 is 22.9 Å². The van der Waals surface area contributed by atoms with Gasteiger partial charge in [-0.05, 0) is 36.8 Å². The normalized spacial score (nSPS) is 11.9. The number of alkyl halides is 3. The zero-order valence-electron chi connectivity index (χ0n) is 14.7. The quantitative estimate of drug-likeness (QED) is 0.362. The smallest absolute Gasteiger partial charge is 0.227 e. The number of benzene rings is 2. The summed E-state index contributed by atoms with van der Waals surface area (Å²) in [4.78, 5) is 8.54. The number of hydrogen-bond donors (Lipinski definition) is 0. The first-order valence-electron chi connectivity index (χ1n) is 8.34. The van der Waals surface area contributed by atoms with Crippen molar-refractivity contribution in [2.24, 2.45) is 0 Å². The van der Waals surface area contributed by atoms with E-state index in [9.17, 15) is 13.2 Å². The Kier molecular flexibility index (Phi) is 4.76. The lowest BCUT2D eigenvalue weighted by atomic mass is 10.1. The van der Waals surface area contributed by atoms with Crippen LogP contribution in [0.3, 0.4) is 0 Å². The molecule has 0 bridgehead atoms. The van der Waals surface area contributed by atoms with Gasteiger partial charge >= 0.3 is 6.18 Å². The molecule has 0 saturated heterocycles. The largest absolute Gasteiger partial charge is 0.416 e. The van der Waals surface area contributed by atoms with E-state index in [0.717, 1.165) is 28.9 Å². The molecule has 5 nitrogen and oxygen atoms in total. The summed E-state index contributed by atoms with van der Waals surface area (Å²) in [6, 6.07) is 12.9. The highest BCUT2D eigenvalue weighted by molar-refractivity contribution is 7.98. The van der Waals surface area contributed by atoms with Gasteiger partial charge in [-0.2, -0.15) is 17.9 Å². The lowest BCUT2D eigenvalue weighted by molar-refractivity contribution is -0.137. The zero-order valence-corrected chi connectivity index (χ0v) is 15.5. The molecule has 0 aliphatic heterocycles. The Morgan fingerprint density at radius 2 is 1.68 bits per heavy atom. The van der Waals surface area contributed by atoms with Gasteiger partial charge in [0.2, 0.25) is 0 Å². The van der Waals surface area contributed by atoms with Crippen LogP contribution in [0.4, 0.5) is 13.2 Å². The second-order valence-corrected chi connectivity index (χ2v) is 7.14. The molecule has 0 unspecified atom stereocenters. The third-order valence-corrected chi connectivity index (χ3v) is 5.19. The van der Waals surface area contributed by atoms with Crippen LogP contribution in [-0.4, -0.2) is 25.0 Å². The van der Waals surface area contributed by atoms with Crippen LogP contribution in [0.25, 0.3) is 16.9 Å². The van der Waals surface area contributed by atoms with Crippen molar-refractivity contribution < 1.29 is 13.2 Å². The Hall–Kier alpha value is -2.94. The molecule has 2 heterocycles. The van der Waals surface area contributed by atoms with Crippen LogP contribution in [0.1, 0.15) is 16.7 Å².